The Bertz CT molecular complexity index is 482. The molecule has 0 saturated carbocycles. The molecule has 0 fully saturated rings. The minimum absolute atomic E-state index is 0.504. The van der Waals surface area contributed by atoms with Crippen LogP contribution in [0.5, 0.6) is 0 Å². The molecule has 1 heterocycles. The zero-order valence-electron chi connectivity index (χ0n) is 8.45. The summed E-state index contributed by atoms with van der Waals surface area (Å²) in [6, 6.07) is 6.18. The first kappa shape index (κ1) is 9.00. The fraction of sp³-hybridized carbons (Fsp3) is 0.250. The van der Waals surface area contributed by atoms with E-state index in [1.54, 1.807) is 0 Å². The third-order valence-electron chi connectivity index (χ3n) is 2.57. The fourth-order valence-electron chi connectivity index (χ4n) is 1.86. The number of aryl methyl sites for hydroxylation is 2. The lowest BCUT2D eigenvalue weighted by Crippen LogP contribution is -1.87. The molecule has 0 saturated heterocycles. The van der Waals surface area contributed by atoms with Crippen molar-refractivity contribution in [2.75, 3.05) is 0 Å². The van der Waals surface area contributed by atoms with Crippen LogP contribution in [0.15, 0.2) is 24.4 Å². The van der Waals surface area contributed by atoms with Gasteiger partial charge >= 0.3 is 0 Å². The lowest BCUT2D eigenvalue weighted by Gasteiger charge is -1.98. The molecule has 2 nitrogen and oxygen atoms in total. The van der Waals surface area contributed by atoms with Crippen molar-refractivity contribution >= 4 is 17.2 Å². The largest absolute Gasteiger partial charge is 0.350 e. The molecule has 0 atom stereocenters. The first-order chi connectivity index (χ1) is 6.72. The topological polar surface area (TPSA) is 22.0 Å². The maximum absolute atomic E-state index is 10.4. The second-order valence-electron chi connectivity index (χ2n) is 3.65. The minimum Gasteiger partial charge on any atom is -0.350 e. The summed E-state index contributed by atoms with van der Waals surface area (Å²) in [6.07, 6.45) is 3.55. The molecule has 0 unspecified atom stereocenters. The quantitative estimate of drug-likeness (QED) is 0.661. The van der Waals surface area contributed by atoms with Crippen molar-refractivity contribution in [3.63, 3.8) is 0 Å². The van der Waals surface area contributed by atoms with Gasteiger partial charge < -0.3 is 9.36 Å². The summed E-state index contributed by atoms with van der Waals surface area (Å²) in [5, 5.41) is 1.24. The Kier molecular flexibility index (Phi) is 2.12. The summed E-state index contributed by atoms with van der Waals surface area (Å²) in [7, 11) is 2.04. The highest BCUT2D eigenvalue weighted by atomic mass is 16.1. The number of benzene rings is 1. The van der Waals surface area contributed by atoms with Crippen molar-refractivity contribution in [1.29, 1.82) is 0 Å². The van der Waals surface area contributed by atoms with Crippen LogP contribution in [0.3, 0.4) is 0 Å². The van der Waals surface area contributed by atoms with Crippen LogP contribution >= 0.6 is 0 Å². The Morgan fingerprint density at radius 1 is 1.43 bits per heavy atom. The summed E-state index contributed by atoms with van der Waals surface area (Å²) < 4.78 is 2.11. The Balaban J connectivity index is 2.64. The van der Waals surface area contributed by atoms with Crippen LogP contribution in [-0.4, -0.2) is 10.9 Å². The number of hydrogen-bond donors (Lipinski definition) is 0. The van der Waals surface area contributed by atoms with Crippen LogP contribution in [-0.2, 0) is 18.3 Å². The van der Waals surface area contributed by atoms with E-state index < -0.39 is 0 Å². The summed E-state index contributed by atoms with van der Waals surface area (Å²) in [5.74, 6) is 0. The van der Waals surface area contributed by atoms with Gasteiger partial charge in [-0.05, 0) is 30.2 Å². The lowest BCUT2D eigenvalue weighted by molar-refractivity contribution is -0.107. The molecule has 14 heavy (non-hydrogen) atoms. The second kappa shape index (κ2) is 3.29. The van der Waals surface area contributed by atoms with Gasteiger partial charge in [-0.3, -0.25) is 0 Å². The van der Waals surface area contributed by atoms with Crippen molar-refractivity contribution in [3.8, 4) is 0 Å². The number of aldehydes is 1. The molecule has 2 aromatic rings. The molecule has 0 spiro atoms. The molecular formula is C12H13NO. The van der Waals surface area contributed by atoms with Gasteiger partial charge in [0.1, 0.15) is 6.29 Å². The molecule has 72 valence electrons. The molecule has 0 aliphatic rings. The molecule has 0 radical (unpaired) electrons. The van der Waals surface area contributed by atoms with E-state index in [0.717, 1.165) is 11.8 Å². The summed E-state index contributed by atoms with van der Waals surface area (Å²) in [4.78, 5) is 10.4. The summed E-state index contributed by atoms with van der Waals surface area (Å²) >= 11 is 0. The number of aromatic nitrogens is 1. The van der Waals surface area contributed by atoms with Gasteiger partial charge in [0, 0.05) is 30.6 Å². The number of rotatable bonds is 2. The normalized spacial score (nSPS) is 10.7. The first-order valence-corrected chi connectivity index (χ1v) is 4.70. The molecule has 0 N–H and O–H groups in total. The van der Waals surface area contributed by atoms with E-state index in [0.29, 0.717) is 6.42 Å². The van der Waals surface area contributed by atoms with Gasteiger partial charge in [0.05, 0.1) is 0 Å². The van der Waals surface area contributed by atoms with Crippen molar-refractivity contribution in [2.45, 2.75) is 13.3 Å². The van der Waals surface area contributed by atoms with Crippen molar-refractivity contribution in [3.05, 3.63) is 35.5 Å². The van der Waals surface area contributed by atoms with Gasteiger partial charge in [0.15, 0.2) is 0 Å². The number of carbonyl (C=O) groups is 1. The van der Waals surface area contributed by atoms with Crippen LogP contribution in [0.25, 0.3) is 10.9 Å². The van der Waals surface area contributed by atoms with Gasteiger partial charge in [-0.25, -0.2) is 0 Å². The van der Waals surface area contributed by atoms with Gasteiger partial charge in [-0.15, -0.1) is 0 Å². The van der Waals surface area contributed by atoms with Gasteiger partial charge in [-0.1, -0.05) is 6.07 Å². The van der Waals surface area contributed by atoms with Crippen molar-refractivity contribution < 1.29 is 4.79 Å². The third-order valence-corrected chi connectivity index (χ3v) is 2.57. The maximum atomic E-state index is 10.4. The van der Waals surface area contributed by atoms with E-state index >= 15 is 0 Å². The predicted molar refractivity (Wildman–Crippen MR) is 57.4 cm³/mol. The van der Waals surface area contributed by atoms with Gasteiger partial charge in [-0.2, -0.15) is 0 Å². The van der Waals surface area contributed by atoms with Crippen LogP contribution in [0.4, 0.5) is 0 Å². The monoisotopic (exact) mass is 187 g/mol. The molecule has 1 aromatic heterocycles. The van der Waals surface area contributed by atoms with Crippen LogP contribution in [0.1, 0.15) is 11.1 Å². The Morgan fingerprint density at radius 3 is 2.93 bits per heavy atom. The number of fused-ring (bicyclic) bond motifs is 1. The van der Waals surface area contributed by atoms with Gasteiger partial charge in [0.2, 0.25) is 0 Å². The van der Waals surface area contributed by atoms with Crippen molar-refractivity contribution in [2.24, 2.45) is 7.05 Å². The lowest BCUT2D eigenvalue weighted by atomic mass is 10.1. The SMILES string of the molecule is Cc1cn(C)c2ccc(CC=O)cc12. The number of carbonyl (C=O) groups excluding carboxylic acids is 1. The van der Waals surface area contributed by atoms with Crippen LogP contribution in [0, 0.1) is 6.92 Å². The highest BCUT2D eigenvalue weighted by Crippen LogP contribution is 2.21. The van der Waals surface area contributed by atoms with E-state index in [-0.39, 0.29) is 0 Å². The third kappa shape index (κ3) is 1.33. The second-order valence-corrected chi connectivity index (χ2v) is 3.65. The summed E-state index contributed by atoms with van der Waals surface area (Å²) in [6.45, 7) is 2.09. The maximum Gasteiger partial charge on any atom is 0.124 e. The summed E-state index contributed by atoms with van der Waals surface area (Å²) in [5.41, 5.74) is 3.56. The molecule has 0 aliphatic heterocycles. The van der Waals surface area contributed by atoms with E-state index in [9.17, 15) is 4.79 Å². The highest BCUT2D eigenvalue weighted by molar-refractivity contribution is 5.84. The predicted octanol–water partition coefficient (Wildman–Crippen LogP) is 2.23. The Morgan fingerprint density at radius 2 is 2.21 bits per heavy atom. The van der Waals surface area contributed by atoms with Crippen molar-refractivity contribution in [1.82, 2.24) is 4.57 Å². The zero-order chi connectivity index (χ0) is 10.1. The standard InChI is InChI=1S/C12H13NO/c1-9-8-13(2)12-4-3-10(5-6-14)7-11(9)12/h3-4,6-8H,5H2,1-2H3. The average Bonchev–Trinajstić information content (AvgIpc) is 2.43. The Hall–Kier alpha value is -1.57. The zero-order valence-corrected chi connectivity index (χ0v) is 8.45. The molecule has 2 rings (SSSR count). The van der Waals surface area contributed by atoms with Crippen LogP contribution in [0.2, 0.25) is 0 Å². The Labute approximate surface area is 83.2 Å². The van der Waals surface area contributed by atoms with E-state index in [1.165, 1.54) is 16.5 Å². The first-order valence-electron chi connectivity index (χ1n) is 4.70. The molecule has 1 aromatic carbocycles. The number of nitrogens with zero attached hydrogens (tertiary/aromatic N) is 1. The van der Waals surface area contributed by atoms with E-state index in [4.69, 9.17) is 0 Å². The molecule has 0 aliphatic carbocycles. The van der Waals surface area contributed by atoms with Crippen LogP contribution < -0.4 is 0 Å². The smallest absolute Gasteiger partial charge is 0.124 e. The molecule has 0 amide bonds. The molecule has 2 heteroatoms. The van der Waals surface area contributed by atoms with E-state index in [2.05, 4.69) is 29.8 Å². The minimum atomic E-state index is 0.504. The highest BCUT2D eigenvalue weighted by Gasteiger charge is 2.03. The number of hydrogen-bond acceptors (Lipinski definition) is 1. The molecular weight excluding hydrogens is 174 g/mol. The average molecular weight is 187 g/mol. The van der Waals surface area contributed by atoms with Gasteiger partial charge in [0.25, 0.3) is 0 Å². The van der Waals surface area contributed by atoms with E-state index in [1.807, 2.05) is 13.1 Å². The molecule has 0 bridgehead atoms. The fourth-order valence-corrected chi connectivity index (χ4v) is 1.86.